The van der Waals surface area contributed by atoms with Gasteiger partial charge in [0.1, 0.15) is 6.04 Å². The highest BCUT2D eigenvalue weighted by molar-refractivity contribution is 6.34. The van der Waals surface area contributed by atoms with Crippen molar-refractivity contribution < 1.29 is 9.59 Å². The number of carbonyl (C=O) groups excluding carboxylic acids is 2. The van der Waals surface area contributed by atoms with Crippen LogP contribution in [0.15, 0.2) is 24.3 Å². The SMILES string of the molecule is CN(C(=O)[C@]1(C)CCNC1)[C@@H]1CCN(c2ccccc2Cl)C1=O. The van der Waals surface area contributed by atoms with E-state index in [-0.39, 0.29) is 11.8 Å². The predicted octanol–water partition coefficient (Wildman–Crippen LogP) is 1.90. The van der Waals surface area contributed by atoms with E-state index in [1.54, 1.807) is 22.9 Å². The van der Waals surface area contributed by atoms with Gasteiger partial charge in [-0.2, -0.15) is 0 Å². The van der Waals surface area contributed by atoms with E-state index in [2.05, 4.69) is 5.32 Å². The van der Waals surface area contributed by atoms with Gasteiger partial charge in [0.2, 0.25) is 11.8 Å². The highest BCUT2D eigenvalue weighted by Gasteiger charge is 2.44. The maximum Gasteiger partial charge on any atom is 0.249 e. The van der Waals surface area contributed by atoms with E-state index >= 15 is 0 Å². The van der Waals surface area contributed by atoms with Gasteiger partial charge < -0.3 is 15.1 Å². The molecule has 2 saturated heterocycles. The monoisotopic (exact) mass is 335 g/mol. The maximum atomic E-state index is 12.8. The smallest absolute Gasteiger partial charge is 0.249 e. The summed E-state index contributed by atoms with van der Waals surface area (Å²) >= 11 is 6.20. The first-order valence-corrected chi connectivity index (χ1v) is 8.36. The number of halogens is 1. The zero-order chi connectivity index (χ0) is 16.6. The summed E-state index contributed by atoms with van der Waals surface area (Å²) in [5.41, 5.74) is 0.309. The molecular formula is C17H22ClN3O2. The molecule has 124 valence electrons. The molecule has 2 fully saturated rings. The van der Waals surface area contributed by atoms with Crippen molar-refractivity contribution in [3.05, 3.63) is 29.3 Å². The second-order valence-corrected chi connectivity index (χ2v) is 7.06. The van der Waals surface area contributed by atoms with Gasteiger partial charge in [-0.05, 0) is 38.4 Å². The van der Waals surface area contributed by atoms with Crippen molar-refractivity contribution >= 4 is 29.1 Å². The first-order chi connectivity index (χ1) is 10.9. The van der Waals surface area contributed by atoms with Gasteiger partial charge in [-0.3, -0.25) is 9.59 Å². The fourth-order valence-corrected chi connectivity index (χ4v) is 3.74. The lowest BCUT2D eigenvalue weighted by molar-refractivity contribution is -0.144. The minimum Gasteiger partial charge on any atom is -0.333 e. The fraction of sp³-hybridized carbons (Fsp3) is 0.529. The lowest BCUT2D eigenvalue weighted by Gasteiger charge is -2.31. The van der Waals surface area contributed by atoms with Crippen LogP contribution in [0.5, 0.6) is 0 Å². The number of carbonyl (C=O) groups is 2. The van der Waals surface area contributed by atoms with Gasteiger partial charge >= 0.3 is 0 Å². The van der Waals surface area contributed by atoms with E-state index in [0.717, 1.165) is 18.7 Å². The number of anilines is 1. The second kappa shape index (κ2) is 6.13. The predicted molar refractivity (Wildman–Crippen MR) is 90.6 cm³/mol. The summed E-state index contributed by atoms with van der Waals surface area (Å²) in [5.74, 6) is -0.00892. The normalized spacial score (nSPS) is 27.5. The summed E-state index contributed by atoms with van der Waals surface area (Å²) in [6, 6.07) is 6.91. The molecule has 0 radical (unpaired) electrons. The summed E-state index contributed by atoms with van der Waals surface area (Å²) in [7, 11) is 1.74. The first-order valence-electron chi connectivity index (χ1n) is 7.98. The van der Waals surface area contributed by atoms with E-state index in [0.29, 0.717) is 24.5 Å². The van der Waals surface area contributed by atoms with Gasteiger partial charge in [0, 0.05) is 20.1 Å². The van der Waals surface area contributed by atoms with E-state index in [9.17, 15) is 9.59 Å². The first kappa shape index (κ1) is 16.3. The molecule has 2 aliphatic heterocycles. The van der Waals surface area contributed by atoms with E-state index < -0.39 is 11.5 Å². The minimum absolute atomic E-state index is 0.0434. The van der Waals surface area contributed by atoms with Crippen molar-refractivity contribution in [1.29, 1.82) is 0 Å². The minimum atomic E-state index is -0.410. The Morgan fingerprint density at radius 3 is 2.83 bits per heavy atom. The Labute approximate surface area is 141 Å². The average Bonchev–Trinajstić information content (AvgIpc) is 3.14. The van der Waals surface area contributed by atoms with Crippen LogP contribution in [0.25, 0.3) is 0 Å². The number of likely N-dealkylation sites (N-methyl/N-ethyl adjacent to an activating group) is 1. The lowest BCUT2D eigenvalue weighted by Crippen LogP contribution is -2.49. The summed E-state index contributed by atoms with van der Waals surface area (Å²) in [6.07, 6.45) is 1.45. The van der Waals surface area contributed by atoms with Crippen molar-refractivity contribution in [2.24, 2.45) is 5.41 Å². The Hall–Kier alpha value is -1.59. The zero-order valence-electron chi connectivity index (χ0n) is 13.5. The van der Waals surface area contributed by atoms with Gasteiger partial charge in [-0.15, -0.1) is 0 Å². The molecular weight excluding hydrogens is 314 g/mol. The molecule has 3 rings (SSSR count). The van der Waals surface area contributed by atoms with Gasteiger partial charge in [0.25, 0.3) is 0 Å². The van der Waals surface area contributed by atoms with Crippen molar-refractivity contribution in [1.82, 2.24) is 10.2 Å². The number of amides is 2. The quantitative estimate of drug-likeness (QED) is 0.918. The number of hydrogen-bond donors (Lipinski definition) is 1. The highest BCUT2D eigenvalue weighted by atomic mass is 35.5. The zero-order valence-corrected chi connectivity index (χ0v) is 14.3. The van der Waals surface area contributed by atoms with Gasteiger partial charge in [0.05, 0.1) is 16.1 Å². The van der Waals surface area contributed by atoms with Crippen LogP contribution in [-0.2, 0) is 9.59 Å². The Kier molecular flexibility index (Phi) is 4.34. The number of nitrogens with one attached hydrogen (secondary N) is 1. The Morgan fingerprint density at radius 2 is 2.17 bits per heavy atom. The lowest BCUT2D eigenvalue weighted by atomic mass is 9.87. The molecule has 2 aliphatic rings. The molecule has 1 aromatic carbocycles. The van der Waals surface area contributed by atoms with Crippen molar-refractivity contribution in [3.63, 3.8) is 0 Å². The summed E-state index contributed by atoms with van der Waals surface area (Å²) in [4.78, 5) is 28.9. The average molecular weight is 336 g/mol. The molecule has 5 nitrogen and oxygen atoms in total. The van der Waals surface area contributed by atoms with Crippen LogP contribution in [0.2, 0.25) is 5.02 Å². The number of hydrogen-bond acceptors (Lipinski definition) is 3. The van der Waals surface area contributed by atoms with Crippen molar-refractivity contribution in [2.45, 2.75) is 25.8 Å². The summed E-state index contributed by atoms with van der Waals surface area (Å²) < 4.78 is 0. The Morgan fingerprint density at radius 1 is 1.43 bits per heavy atom. The Balaban J connectivity index is 1.76. The molecule has 2 atom stereocenters. The van der Waals surface area contributed by atoms with Crippen LogP contribution in [-0.4, -0.2) is 49.4 Å². The highest BCUT2D eigenvalue weighted by Crippen LogP contribution is 2.32. The third-order valence-electron chi connectivity index (χ3n) is 4.99. The Bertz CT molecular complexity index is 628. The van der Waals surface area contributed by atoms with Crippen LogP contribution in [0.3, 0.4) is 0 Å². The van der Waals surface area contributed by atoms with Crippen molar-refractivity contribution in [3.8, 4) is 0 Å². The topological polar surface area (TPSA) is 52.7 Å². The molecule has 1 aromatic rings. The molecule has 0 aliphatic carbocycles. The van der Waals surface area contributed by atoms with E-state index in [1.165, 1.54) is 0 Å². The molecule has 0 aromatic heterocycles. The van der Waals surface area contributed by atoms with E-state index in [4.69, 9.17) is 11.6 Å². The third-order valence-corrected chi connectivity index (χ3v) is 5.31. The second-order valence-electron chi connectivity index (χ2n) is 6.65. The van der Waals surface area contributed by atoms with Crippen LogP contribution < -0.4 is 10.2 Å². The molecule has 2 heterocycles. The molecule has 0 unspecified atom stereocenters. The number of benzene rings is 1. The third kappa shape index (κ3) is 2.83. The fourth-order valence-electron chi connectivity index (χ4n) is 3.50. The molecule has 0 spiro atoms. The van der Waals surface area contributed by atoms with Crippen LogP contribution >= 0.6 is 11.6 Å². The van der Waals surface area contributed by atoms with Crippen LogP contribution in [0, 0.1) is 5.41 Å². The van der Waals surface area contributed by atoms with Crippen LogP contribution in [0.1, 0.15) is 19.8 Å². The summed E-state index contributed by atoms with van der Waals surface area (Å²) in [5, 5.41) is 3.79. The van der Waals surface area contributed by atoms with Gasteiger partial charge in [-0.1, -0.05) is 23.7 Å². The van der Waals surface area contributed by atoms with Gasteiger partial charge in [-0.25, -0.2) is 0 Å². The number of para-hydroxylation sites is 1. The number of rotatable bonds is 3. The molecule has 1 N–H and O–H groups in total. The van der Waals surface area contributed by atoms with Crippen molar-refractivity contribution in [2.75, 3.05) is 31.6 Å². The number of nitrogens with zero attached hydrogens (tertiary/aromatic N) is 2. The summed E-state index contributed by atoms with van der Waals surface area (Å²) in [6.45, 7) is 4.07. The molecule has 2 amide bonds. The standard InChI is InChI=1S/C17H22ClN3O2/c1-17(8-9-19-11-17)16(23)20(2)14-7-10-21(15(14)22)13-6-4-3-5-12(13)18/h3-6,14,19H,7-11H2,1-2H3/t14-,17-/m1/s1. The molecule has 0 bridgehead atoms. The molecule has 23 heavy (non-hydrogen) atoms. The van der Waals surface area contributed by atoms with E-state index in [1.807, 2.05) is 25.1 Å². The van der Waals surface area contributed by atoms with Gasteiger partial charge in [0.15, 0.2) is 0 Å². The maximum absolute atomic E-state index is 12.8. The van der Waals surface area contributed by atoms with Crippen LogP contribution in [0.4, 0.5) is 5.69 Å². The largest absolute Gasteiger partial charge is 0.333 e. The molecule has 0 saturated carbocycles. The molecule has 6 heteroatoms.